The van der Waals surface area contributed by atoms with Crippen molar-refractivity contribution in [2.45, 2.75) is 25.7 Å². The summed E-state index contributed by atoms with van der Waals surface area (Å²) >= 11 is 0. The van der Waals surface area contributed by atoms with Crippen LogP contribution in [0.1, 0.15) is 31.2 Å². The smallest absolute Gasteiger partial charge is 0.423 e. The number of carbonyl (C=O) groups excluding carboxylic acids is 5. The second kappa shape index (κ2) is 9.04. The van der Waals surface area contributed by atoms with Gasteiger partial charge in [0.1, 0.15) is 0 Å². The molecule has 1 N–H and O–H groups in total. The topological polar surface area (TPSA) is 131 Å². The quantitative estimate of drug-likeness (QED) is 0.460. The van der Waals surface area contributed by atoms with Gasteiger partial charge in [0, 0.05) is 5.92 Å². The molecule has 2 aliphatic carbocycles. The zero-order valence-electron chi connectivity index (χ0n) is 22.2. The average molecular weight is 545 g/mol. The van der Waals surface area contributed by atoms with E-state index in [-0.39, 0.29) is 36.2 Å². The maximum Gasteiger partial charge on any atom is 0.423 e. The molecule has 4 aliphatic rings. The van der Waals surface area contributed by atoms with Gasteiger partial charge in [-0.3, -0.25) is 19.2 Å². The van der Waals surface area contributed by atoms with Crippen LogP contribution < -0.4 is 9.64 Å². The van der Waals surface area contributed by atoms with E-state index in [1.54, 1.807) is 49.4 Å². The first kappa shape index (κ1) is 25.8. The van der Waals surface area contributed by atoms with Crippen LogP contribution in [0, 0.1) is 29.1 Å². The van der Waals surface area contributed by atoms with E-state index >= 15 is 0 Å². The number of allylic oxidation sites excluding steroid dienone is 2. The summed E-state index contributed by atoms with van der Waals surface area (Å²) in [7, 11) is 2.53. The highest BCUT2D eigenvalue weighted by Gasteiger charge is 2.68. The molecule has 0 aromatic heterocycles. The van der Waals surface area contributed by atoms with Crippen LogP contribution >= 0.6 is 0 Å². The number of hydrogen-bond acceptors (Lipinski definition) is 8. The van der Waals surface area contributed by atoms with E-state index in [2.05, 4.69) is 0 Å². The van der Waals surface area contributed by atoms with Crippen LogP contribution in [0.2, 0.25) is 0 Å². The van der Waals surface area contributed by atoms with Gasteiger partial charge in [-0.15, -0.1) is 0 Å². The van der Waals surface area contributed by atoms with Gasteiger partial charge in [0.2, 0.25) is 23.6 Å². The highest BCUT2D eigenvalue weighted by atomic mass is 16.5. The largest absolute Gasteiger partial charge is 0.504 e. The Labute approximate surface area is 230 Å². The van der Waals surface area contributed by atoms with Crippen molar-refractivity contribution in [1.82, 2.24) is 4.90 Å². The van der Waals surface area contributed by atoms with E-state index in [1.165, 1.54) is 18.1 Å². The van der Waals surface area contributed by atoms with Gasteiger partial charge in [-0.05, 0) is 55.5 Å². The van der Waals surface area contributed by atoms with E-state index in [0.717, 1.165) is 12.7 Å². The number of phenols is 1. The summed E-state index contributed by atoms with van der Waals surface area (Å²) in [5, 5.41) is 10.3. The molecule has 10 nitrogen and oxygen atoms in total. The third kappa shape index (κ3) is 3.31. The summed E-state index contributed by atoms with van der Waals surface area (Å²) in [5.41, 5.74) is 0.623. The van der Waals surface area contributed by atoms with Crippen molar-refractivity contribution in [2.75, 3.05) is 19.1 Å². The standard InChI is InChI=1S/C30H28N2O8/c1-30-20(26(35)31(28(30)37)16-7-5-4-6-8-16)14-19-17(24(30)15-9-12-21(33)22(13-15)39-2)10-11-18-23(19)27(36)32(25(18)34)29(38)40-3/h4-10,12-13,18-20,23-24,33H,11,14H2,1-3H3/t18-,19+,20-,23-,24-,30+/m0/s1. The number of aromatic hydroxyl groups is 1. The van der Waals surface area contributed by atoms with Gasteiger partial charge in [0.25, 0.3) is 0 Å². The minimum Gasteiger partial charge on any atom is -0.504 e. The third-order valence-corrected chi connectivity index (χ3v) is 9.18. The molecule has 6 atom stereocenters. The van der Waals surface area contributed by atoms with Crippen molar-refractivity contribution >= 4 is 35.4 Å². The lowest BCUT2D eigenvalue weighted by Gasteiger charge is -2.49. The summed E-state index contributed by atoms with van der Waals surface area (Å²) in [6, 6.07) is 13.5. The minimum absolute atomic E-state index is 0.0805. The van der Waals surface area contributed by atoms with Gasteiger partial charge in [-0.25, -0.2) is 9.69 Å². The van der Waals surface area contributed by atoms with Crippen molar-refractivity contribution in [3.05, 3.63) is 65.7 Å². The Hall–Kier alpha value is -4.47. The van der Waals surface area contributed by atoms with Crippen LogP contribution in [0.15, 0.2) is 60.2 Å². The summed E-state index contributed by atoms with van der Waals surface area (Å²) in [6.45, 7) is 1.77. The van der Waals surface area contributed by atoms with Crippen molar-refractivity contribution < 1.29 is 38.6 Å². The molecule has 2 heterocycles. The number of rotatable bonds is 3. The Morgan fingerprint density at radius 3 is 2.38 bits per heavy atom. The zero-order valence-corrected chi connectivity index (χ0v) is 22.2. The molecule has 2 aromatic carbocycles. The maximum absolute atomic E-state index is 14.3. The van der Waals surface area contributed by atoms with Crippen LogP contribution in [0.25, 0.3) is 0 Å². The number of benzene rings is 2. The van der Waals surface area contributed by atoms with Crippen LogP contribution in [0.4, 0.5) is 10.5 Å². The van der Waals surface area contributed by atoms with Crippen molar-refractivity contribution in [1.29, 1.82) is 0 Å². The number of phenolic OH excluding ortho intramolecular Hbond substituents is 1. The van der Waals surface area contributed by atoms with Crippen molar-refractivity contribution in [3.8, 4) is 11.5 Å². The lowest BCUT2D eigenvalue weighted by molar-refractivity contribution is -0.138. The predicted octanol–water partition coefficient (Wildman–Crippen LogP) is 3.40. The molecule has 2 saturated heterocycles. The number of likely N-dealkylation sites (tertiary alicyclic amines) is 1. The molecule has 0 bridgehead atoms. The number of nitrogens with zero attached hydrogens (tertiary/aromatic N) is 2. The average Bonchev–Trinajstić information content (AvgIpc) is 3.33. The van der Waals surface area contributed by atoms with Crippen LogP contribution in [-0.2, 0) is 23.9 Å². The maximum atomic E-state index is 14.3. The van der Waals surface area contributed by atoms with Crippen LogP contribution in [0.5, 0.6) is 11.5 Å². The highest BCUT2D eigenvalue weighted by Crippen LogP contribution is 2.63. The molecule has 206 valence electrons. The second-order valence-electron chi connectivity index (χ2n) is 10.9. The number of carbonyl (C=O) groups is 5. The molecular formula is C30H28N2O8. The van der Waals surface area contributed by atoms with Gasteiger partial charge in [-0.2, -0.15) is 4.90 Å². The number of amides is 5. The first-order valence-corrected chi connectivity index (χ1v) is 13.1. The van der Waals surface area contributed by atoms with Crippen molar-refractivity contribution in [3.63, 3.8) is 0 Å². The lowest BCUT2D eigenvalue weighted by atomic mass is 9.51. The molecule has 2 aromatic rings. The van der Waals surface area contributed by atoms with Gasteiger partial charge in [0.05, 0.1) is 43.1 Å². The van der Waals surface area contributed by atoms with Gasteiger partial charge < -0.3 is 14.6 Å². The number of methoxy groups -OCH3 is 2. The number of hydrogen-bond donors (Lipinski definition) is 1. The summed E-state index contributed by atoms with van der Waals surface area (Å²) in [4.78, 5) is 69.1. The summed E-state index contributed by atoms with van der Waals surface area (Å²) in [5.74, 6) is -5.56. The Morgan fingerprint density at radius 1 is 0.975 bits per heavy atom. The van der Waals surface area contributed by atoms with E-state index in [4.69, 9.17) is 9.47 Å². The van der Waals surface area contributed by atoms with Crippen LogP contribution in [0.3, 0.4) is 0 Å². The molecule has 0 unspecified atom stereocenters. The number of para-hydroxylation sites is 1. The fraction of sp³-hybridized carbons (Fsp3) is 0.367. The van der Waals surface area contributed by atoms with Gasteiger partial charge in [0.15, 0.2) is 11.5 Å². The van der Waals surface area contributed by atoms with E-state index in [0.29, 0.717) is 16.2 Å². The number of ether oxygens (including phenoxy) is 2. The molecule has 3 fully saturated rings. The zero-order chi connectivity index (χ0) is 28.5. The first-order valence-electron chi connectivity index (χ1n) is 13.1. The molecule has 2 aliphatic heterocycles. The Kier molecular flexibility index (Phi) is 5.83. The van der Waals surface area contributed by atoms with Gasteiger partial charge in [-0.1, -0.05) is 35.9 Å². The van der Waals surface area contributed by atoms with Gasteiger partial charge >= 0.3 is 6.09 Å². The normalized spacial score (nSPS) is 31.0. The first-order chi connectivity index (χ1) is 19.1. The molecule has 10 heteroatoms. The molecule has 0 spiro atoms. The second-order valence-corrected chi connectivity index (χ2v) is 10.9. The number of anilines is 1. The van der Waals surface area contributed by atoms with E-state index in [9.17, 15) is 29.1 Å². The monoisotopic (exact) mass is 544 g/mol. The molecule has 5 amide bonds. The number of imide groups is 4. The van der Waals surface area contributed by atoms with E-state index < -0.39 is 52.9 Å². The fourth-order valence-electron chi connectivity index (χ4n) is 7.36. The molecule has 40 heavy (non-hydrogen) atoms. The SMILES string of the molecule is COC(=O)N1C(=O)[C@H]2[C@H](CC=C3[C@H]2C[C@H]2C(=O)N(c4ccccc4)C(=O)[C@@]2(C)[C@H]3c2ccc(O)c(OC)c2)C1=O. The molecule has 0 radical (unpaired) electrons. The predicted molar refractivity (Wildman–Crippen MR) is 140 cm³/mol. The summed E-state index contributed by atoms with van der Waals surface area (Å²) in [6.07, 6.45) is 1.21. The van der Waals surface area contributed by atoms with Crippen molar-refractivity contribution in [2.24, 2.45) is 29.1 Å². The Balaban J connectivity index is 1.53. The third-order valence-electron chi connectivity index (χ3n) is 9.18. The van der Waals surface area contributed by atoms with Crippen LogP contribution in [-0.4, -0.2) is 53.9 Å². The Morgan fingerprint density at radius 2 is 1.70 bits per heavy atom. The lowest BCUT2D eigenvalue weighted by Crippen LogP contribution is -2.49. The minimum atomic E-state index is -1.22. The molecule has 1 saturated carbocycles. The molecular weight excluding hydrogens is 516 g/mol. The van der Waals surface area contributed by atoms with E-state index in [1.807, 2.05) is 6.08 Å². The summed E-state index contributed by atoms with van der Waals surface area (Å²) < 4.78 is 10.1. The Bertz CT molecular complexity index is 1500. The highest BCUT2D eigenvalue weighted by molar-refractivity contribution is 6.24. The number of fused-ring (bicyclic) bond motifs is 4. The molecule has 6 rings (SSSR count). The fourth-order valence-corrected chi connectivity index (χ4v) is 7.36.